The highest BCUT2D eigenvalue weighted by atomic mass is 32.1. The molecule has 1 heterocycles. The van der Waals surface area contributed by atoms with Gasteiger partial charge in [-0.1, -0.05) is 12.1 Å². The number of anilines is 1. The highest BCUT2D eigenvalue weighted by Gasteiger charge is 2.27. The van der Waals surface area contributed by atoms with Crippen LogP contribution in [0.3, 0.4) is 0 Å². The number of nitrogens with zero attached hydrogens (tertiary/aromatic N) is 1. The number of fused-ring (bicyclic) bond motifs is 2. The fraction of sp³-hybridized carbons (Fsp3) is 0.429. The van der Waals surface area contributed by atoms with Crippen molar-refractivity contribution in [1.29, 1.82) is 0 Å². The minimum Gasteiger partial charge on any atom is -0.458 e. The molecule has 0 fully saturated rings. The van der Waals surface area contributed by atoms with Gasteiger partial charge in [-0.3, -0.25) is 9.93 Å². The van der Waals surface area contributed by atoms with Crippen LogP contribution in [0.5, 0.6) is 0 Å². The van der Waals surface area contributed by atoms with Crippen molar-refractivity contribution in [2.45, 2.75) is 58.8 Å². The number of halogens is 1. The van der Waals surface area contributed by atoms with E-state index in [-0.39, 0.29) is 11.6 Å². The number of hydrogen-bond donors (Lipinski definition) is 4. The minimum absolute atomic E-state index is 0.0687. The van der Waals surface area contributed by atoms with E-state index in [1.807, 2.05) is 6.92 Å². The van der Waals surface area contributed by atoms with Crippen molar-refractivity contribution in [2.24, 2.45) is 10.3 Å². The molecule has 0 saturated heterocycles. The normalized spacial score (nSPS) is 14.3. The molecule has 2 aliphatic carbocycles. The second-order valence-corrected chi connectivity index (χ2v) is 6.99. The topological polar surface area (TPSA) is 115 Å². The van der Waals surface area contributed by atoms with E-state index < -0.39 is 0 Å². The third-order valence-corrected chi connectivity index (χ3v) is 5.44. The molecule has 8 heteroatoms. The molecular formula is C21H28FN3O3S. The Morgan fingerprint density at radius 2 is 1.72 bits per heavy atom. The van der Waals surface area contributed by atoms with Crippen molar-refractivity contribution < 1.29 is 18.8 Å². The number of nitrogens with two attached hydrogens (primary N) is 2. The van der Waals surface area contributed by atoms with Crippen LogP contribution in [-0.2, 0) is 25.7 Å². The summed E-state index contributed by atoms with van der Waals surface area (Å²) in [6.45, 7) is 3.59. The molecule has 4 rings (SSSR count). The maximum atomic E-state index is 14.0. The lowest BCUT2D eigenvalue weighted by molar-refractivity contribution is 0.109. The fourth-order valence-electron chi connectivity index (χ4n) is 4.10. The molecule has 0 amide bonds. The average Bonchev–Trinajstić information content (AvgIpc) is 3.49. The van der Waals surface area contributed by atoms with Gasteiger partial charge in [0.05, 0.1) is 5.71 Å². The molecule has 0 saturated carbocycles. The Morgan fingerprint density at radius 1 is 1.21 bits per heavy atom. The third kappa shape index (κ3) is 4.64. The molecule has 1 aromatic carbocycles. The van der Waals surface area contributed by atoms with Gasteiger partial charge in [0.25, 0.3) is 0 Å². The van der Waals surface area contributed by atoms with Gasteiger partial charge in [-0.2, -0.15) is 0 Å². The van der Waals surface area contributed by atoms with Crippen molar-refractivity contribution in [3.8, 4) is 0 Å². The summed E-state index contributed by atoms with van der Waals surface area (Å²) in [4.78, 5) is 10.4. The molecule has 5 N–H and O–H groups in total. The van der Waals surface area contributed by atoms with Crippen molar-refractivity contribution in [3.63, 3.8) is 0 Å². The van der Waals surface area contributed by atoms with E-state index in [0.29, 0.717) is 29.7 Å². The van der Waals surface area contributed by atoms with Gasteiger partial charge in [-0.05, 0) is 80.2 Å². The Labute approximate surface area is 175 Å². The predicted octanol–water partition coefficient (Wildman–Crippen LogP) is 4.16. The number of rotatable bonds is 3. The summed E-state index contributed by atoms with van der Waals surface area (Å²) in [5, 5.41) is 16.0. The molecule has 0 spiro atoms. The van der Waals surface area contributed by atoms with Gasteiger partial charge in [0.15, 0.2) is 12.0 Å². The van der Waals surface area contributed by atoms with E-state index in [2.05, 4.69) is 23.1 Å². The molecule has 0 bridgehead atoms. The number of oxime groups is 1. The Morgan fingerprint density at radius 3 is 2.14 bits per heavy atom. The molecule has 1 aromatic heterocycles. The van der Waals surface area contributed by atoms with Crippen molar-refractivity contribution in [2.75, 3.05) is 5.73 Å². The lowest BCUT2D eigenvalue weighted by Crippen LogP contribution is -2.04. The smallest absolute Gasteiger partial charge is 0.185 e. The van der Waals surface area contributed by atoms with Crippen LogP contribution in [0.15, 0.2) is 15.6 Å². The number of aryl methyl sites for hydroxylation is 1. The first-order chi connectivity index (χ1) is 14.0. The number of carbonyl (C=O) groups is 1. The van der Waals surface area contributed by atoms with E-state index >= 15 is 0 Å². The van der Waals surface area contributed by atoms with Gasteiger partial charge in [-0.15, -0.1) is 12.8 Å². The van der Waals surface area contributed by atoms with Crippen LogP contribution in [0.25, 0.3) is 0 Å². The highest BCUT2D eigenvalue weighted by Crippen LogP contribution is 2.39. The summed E-state index contributed by atoms with van der Waals surface area (Å²) in [6, 6.07) is 1.57. The first-order valence-corrected chi connectivity index (χ1v) is 10.2. The maximum Gasteiger partial charge on any atom is 0.185 e. The summed E-state index contributed by atoms with van der Waals surface area (Å²) in [7, 11) is 0. The quantitative estimate of drug-likeness (QED) is 0.148. The van der Waals surface area contributed by atoms with Crippen LogP contribution in [0.2, 0.25) is 0 Å². The molecular weight excluding hydrogens is 393 g/mol. The second-order valence-electron chi connectivity index (χ2n) is 6.99. The SMILES string of the molecule is CC/C(=N/O)c1cc(C=O)oc1C.NS.Nc1c2c(c(F)c3c1CCC3)CCC2. The van der Waals surface area contributed by atoms with Crippen LogP contribution in [-0.4, -0.2) is 17.2 Å². The Hall–Kier alpha value is -2.32. The summed E-state index contributed by atoms with van der Waals surface area (Å²) in [6.07, 6.45) is 7.09. The first-order valence-electron chi connectivity index (χ1n) is 9.64. The number of hydrogen-bond acceptors (Lipinski definition) is 7. The van der Waals surface area contributed by atoms with Gasteiger partial charge < -0.3 is 15.4 Å². The lowest BCUT2D eigenvalue weighted by atomic mass is 9.98. The van der Waals surface area contributed by atoms with Gasteiger partial charge in [0, 0.05) is 11.3 Å². The molecule has 29 heavy (non-hydrogen) atoms. The van der Waals surface area contributed by atoms with Gasteiger partial charge in [0.1, 0.15) is 11.6 Å². The number of benzene rings is 1. The van der Waals surface area contributed by atoms with Crippen molar-refractivity contribution >= 4 is 30.5 Å². The average molecular weight is 422 g/mol. The number of aldehydes is 1. The van der Waals surface area contributed by atoms with Gasteiger partial charge in [0.2, 0.25) is 0 Å². The maximum absolute atomic E-state index is 14.0. The summed E-state index contributed by atoms with van der Waals surface area (Å²) in [5.74, 6) is 0.915. The highest BCUT2D eigenvalue weighted by molar-refractivity contribution is 7.77. The van der Waals surface area contributed by atoms with E-state index in [4.69, 9.17) is 15.4 Å². The standard InChI is InChI=1S/C12H14FN.C9H11NO3.H3NS/c13-11-7-3-1-5-9(7)12(14)10-6-2-4-8(10)11;1-3-9(10-12)8-4-7(5-11)13-6(8)2;1-2/h1-6,14H2;4-5,12H,3H2,1-2H3;2H,1H2/b;10-9-;. The molecule has 2 aliphatic rings. The van der Waals surface area contributed by atoms with Crippen molar-refractivity contribution in [3.05, 3.63) is 51.2 Å². The van der Waals surface area contributed by atoms with Gasteiger partial charge in [-0.25, -0.2) is 4.39 Å². The summed E-state index contributed by atoms with van der Waals surface area (Å²) in [5.41, 5.74) is 12.3. The van der Waals surface area contributed by atoms with Gasteiger partial charge >= 0.3 is 0 Å². The molecule has 0 unspecified atom stereocenters. The monoisotopic (exact) mass is 421 g/mol. The van der Waals surface area contributed by atoms with E-state index in [0.717, 1.165) is 66.5 Å². The molecule has 0 atom stereocenters. The minimum atomic E-state index is 0.0687. The zero-order valence-electron chi connectivity index (χ0n) is 16.8. The van der Waals surface area contributed by atoms with E-state index in [9.17, 15) is 9.18 Å². The predicted molar refractivity (Wildman–Crippen MR) is 115 cm³/mol. The Kier molecular flexibility index (Phi) is 8.28. The molecule has 0 radical (unpaired) electrons. The Balaban J connectivity index is 0.000000192. The van der Waals surface area contributed by atoms with E-state index in [1.54, 1.807) is 13.0 Å². The Bertz CT molecular complexity index is 837. The summed E-state index contributed by atoms with van der Waals surface area (Å²) < 4.78 is 19.1. The largest absolute Gasteiger partial charge is 0.458 e. The molecule has 6 nitrogen and oxygen atoms in total. The van der Waals surface area contributed by atoms with Crippen molar-refractivity contribution in [1.82, 2.24) is 0 Å². The second kappa shape index (κ2) is 10.5. The molecule has 158 valence electrons. The molecule has 0 aliphatic heterocycles. The van der Waals surface area contributed by atoms with Crippen LogP contribution < -0.4 is 10.9 Å². The van der Waals surface area contributed by atoms with E-state index in [1.165, 1.54) is 0 Å². The number of thiol groups is 1. The number of nitrogen functional groups attached to an aromatic ring is 1. The number of furan rings is 1. The zero-order valence-corrected chi connectivity index (χ0v) is 17.7. The van der Waals surface area contributed by atoms with Crippen LogP contribution in [0, 0.1) is 12.7 Å². The first kappa shape index (κ1) is 23.0. The molecule has 2 aromatic rings. The third-order valence-electron chi connectivity index (χ3n) is 5.44. The van der Waals surface area contributed by atoms with Crippen LogP contribution >= 0.6 is 12.8 Å². The zero-order chi connectivity index (χ0) is 21.6. The fourth-order valence-corrected chi connectivity index (χ4v) is 4.10. The summed E-state index contributed by atoms with van der Waals surface area (Å²) >= 11 is 3.03. The van der Waals surface area contributed by atoms with Crippen LogP contribution in [0.1, 0.15) is 70.3 Å². The number of carbonyl (C=O) groups excluding carboxylic acids is 1. The van der Waals surface area contributed by atoms with Crippen LogP contribution in [0.4, 0.5) is 10.1 Å². The lowest BCUT2D eigenvalue weighted by Gasteiger charge is -2.12.